The van der Waals surface area contributed by atoms with Gasteiger partial charge in [0.2, 0.25) is 11.1 Å². The first kappa shape index (κ1) is 19.9. The molecule has 0 spiro atoms. The number of carbonyl (C=O) groups is 1. The van der Waals surface area contributed by atoms with Gasteiger partial charge in [-0.1, -0.05) is 47.7 Å². The topological polar surface area (TPSA) is 77.0 Å². The number of carbonyl (C=O) groups excluding carboxylic acids is 1. The van der Waals surface area contributed by atoms with Crippen LogP contribution in [0.1, 0.15) is 16.7 Å². The summed E-state index contributed by atoms with van der Waals surface area (Å²) in [6.45, 7) is 4.62. The zero-order valence-corrected chi connectivity index (χ0v) is 16.8. The van der Waals surface area contributed by atoms with Gasteiger partial charge in [-0.05, 0) is 37.1 Å². The van der Waals surface area contributed by atoms with Gasteiger partial charge in [0.25, 0.3) is 0 Å². The Hall–Kier alpha value is -2.87. The van der Waals surface area contributed by atoms with Gasteiger partial charge in [-0.3, -0.25) is 4.79 Å². The van der Waals surface area contributed by atoms with Gasteiger partial charge in [-0.15, -0.1) is 10.2 Å². The minimum Gasteiger partial charge on any atom is -0.341 e. The van der Waals surface area contributed by atoms with Gasteiger partial charge in [0.05, 0.1) is 5.75 Å². The Bertz CT molecular complexity index is 1000. The highest BCUT2D eigenvalue weighted by Gasteiger charge is 2.16. The van der Waals surface area contributed by atoms with E-state index in [0.717, 1.165) is 11.1 Å². The van der Waals surface area contributed by atoms with E-state index in [2.05, 4.69) is 16.3 Å². The zero-order chi connectivity index (χ0) is 20.3. The average molecular weight is 399 g/mol. The molecule has 0 radical (unpaired) electrons. The number of nitrogens with two attached hydrogens (primary N) is 1. The molecule has 0 unspecified atom stereocenters. The van der Waals surface area contributed by atoms with Crippen LogP contribution in [0.25, 0.3) is 11.4 Å². The standard InChI is InChI=1S/C20H22FN5OS/c1-13-7-8-16(14(2)9-13)11-25(3)18(27)12-28-20-24-23-19(26(20)22)15-5-4-6-17(21)10-15/h4-10H,11-12,22H2,1-3H3. The fourth-order valence-electron chi connectivity index (χ4n) is 2.80. The van der Waals surface area contributed by atoms with Crippen LogP contribution in [0.3, 0.4) is 0 Å². The molecule has 2 N–H and O–H groups in total. The predicted molar refractivity (Wildman–Crippen MR) is 109 cm³/mol. The predicted octanol–water partition coefficient (Wildman–Crippen LogP) is 3.17. The minimum atomic E-state index is -0.377. The maximum Gasteiger partial charge on any atom is 0.233 e. The number of hydrogen-bond donors (Lipinski definition) is 1. The summed E-state index contributed by atoms with van der Waals surface area (Å²) in [7, 11) is 1.77. The van der Waals surface area contributed by atoms with E-state index in [1.807, 2.05) is 26.0 Å². The summed E-state index contributed by atoms with van der Waals surface area (Å²) < 4.78 is 14.7. The number of thioether (sulfide) groups is 1. The van der Waals surface area contributed by atoms with E-state index in [4.69, 9.17) is 5.84 Å². The van der Waals surface area contributed by atoms with Gasteiger partial charge in [0.15, 0.2) is 5.82 Å². The smallest absolute Gasteiger partial charge is 0.233 e. The Kier molecular flexibility index (Phi) is 5.99. The van der Waals surface area contributed by atoms with Crippen LogP contribution in [0.2, 0.25) is 0 Å². The summed E-state index contributed by atoms with van der Waals surface area (Å²) in [5.74, 6) is 6.14. The number of rotatable bonds is 6. The number of aryl methyl sites for hydroxylation is 2. The number of amides is 1. The molecule has 1 heterocycles. The molecule has 28 heavy (non-hydrogen) atoms. The van der Waals surface area contributed by atoms with Gasteiger partial charge < -0.3 is 10.7 Å². The molecule has 0 fully saturated rings. The summed E-state index contributed by atoms with van der Waals surface area (Å²) in [6.07, 6.45) is 0. The van der Waals surface area contributed by atoms with Crippen LogP contribution >= 0.6 is 11.8 Å². The SMILES string of the molecule is Cc1ccc(CN(C)C(=O)CSc2nnc(-c3cccc(F)c3)n2N)c(C)c1. The maximum atomic E-state index is 13.4. The van der Waals surface area contributed by atoms with Crippen molar-refractivity contribution in [1.29, 1.82) is 0 Å². The minimum absolute atomic E-state index is 0.0414. The van der Waals surface area contributed by atoms with Crippen molar-refractivity contribution in [3.63, 3.8) is 0 Å². The highest BCUT2D eigenvalue weighted by atomic mass is 32.2. The van der Waals surface area contributed by atoms with Crippen molar-refractivity contribution in [2.45, 2.75) is 25.5 Å². The molecule has 8 heteroatoms. The van der Waals surface area contributed by atoms with Crippen molar-refractivity contribution in [1.82, 2.24) is 19.8 Å². The normalized spacial score (nSPS) is 10.9. The van der Waals surface area contributed by atoms with Crippen molar-refractivity contribution < 1.29 is 9.18 Å². The first-order valence-electron chi connectivity index (χ1n) is 8.74. The lowest BCUT2D eigenvalue weighted by Crippen LogP contribution is -2.28. The monoisotopic (exact) mass is 399 g/mol. The number of halogens is 1. The molecule has 1 amide bonds. The molecule has 0 saturated carbocycles. The van der Waals surface area contributed by atoms with Crippen molar-refractivity contribution in [3.8, 4) is 11.4 Å². The van der Waals surface area contributed by atoms with Crippen LogP contribution in [0.4, 0.5) is 4.39 Å². The third-order valence-corrected chi connectivity index (χ3v) is 5.33. The summed E-state index contributed by atoms with van der Waals surface area (Å²) in [5.41, 5.74) is 4.00. The molecule has 146 valence electrons. The van der Waals surface area contributed by atoms with E-state index in [1.165, 1.54) is 34.1 Å². The fourth-order valence-corrected chi connectivity index (χ4v) is 3.60. The lowest BCUT2D eigenvalue weighted by molar-refractivity contribution is -0.127. The molecule has 0 saturated heterocycles. The van der Waals surface area contributed by atoms with Crippen LogP contribution in [-0.4, -0.2) is 38.5 Å². The molecule has 0 atom stereocenters. The molecule has 2 aromatic carbocycles. The van der Waals surface area contributed by atoms with Crippen LogP contribution in [0, 0.1) is 19.7 Å². The maximum absolute atomic E-state index is 13.4. The van der Waals surface area contributed by atoms with E-state index in [9.17, 15) is 9.18 Å². The third kappa shape index (κ3) is 4.51. The second-order valence-corrected chi connectivity index (χ2v) is 7.60. The Morgan fingerprint density at radius 2 is 2.00 bits per heavy atom. The molecular weight excluding hydrogens is 377 g/mol. The third-order valence-electron chi connectivity index (χ3n) is 4.40. The molecule has 0 aliphatic heterocycles. The lowest BCUT2D eigenvalue weighted by Gasteiger charge is -2.18. The average Bonchev–Trinajstić information content (AvgIpc) is 3.02. The highest BCUT2D eigenvalue weighted by molar-refractivity contribution is 7.99. The molecule has 3 rings (SSSR count). The lowest BCUT2D eigenvalue weighted by atomic mass is 10.1. The van der Waals surface area contributed by atoms with Gasteiger partial charge in [0.1, 0.15) is 5.82 Å². The molecule has 3 aromatic rings. The Balaban J connectivity index is 1.63. The van der Waals surface area contributed by atoms with E-state index >= 15 is 0 Å². The first-order valence-corrected chi connectivity index (χ1v) is 9.73. The van der Waals surface area contributed by atoms with Crippen molar-refractivity contribution in [2.75, 3.05) is 18.6 Å². The van der Waals surface area contributed by atoms with E-state index < -0.39 is 0 Å². The van der Waals surface area contributed by atoms with Gasteiger partial charge >= 0.3 is 0 Å². The largest absolute Gasteiger partial charge is 0.341 e. The van der Waals surface area contributed by atoms with Crippen LogP contribution in [0.5, 0.6) is 0 Å². The molecule has 1 aromatic heterocycles. The first-order chi connectivity index (χ1) is 13.3. The second-order valence-electron chi connectivity index (χ2n) is 6.65. The quantitative estimate of drug-likeness (QED) is 0.509. The van der Waals surface area contributed by atoms with Gasteiger partial charge in [-0.2, -0.15) is 0 Å². The summed E-state index contributed by atoms with van der Waals surface area (Å²) in [5, 5.41) is 8.43. The molecule has 0 bridgehead atoms. The number of nitrogen functional groups attached to an aromatic ring is 1. The van der Waals surface area contributed by atoms with Crippen molar-refractivity contribution in [3.05, 3.63) is 65.0 Å². The number of nitrogens with zero attached hydrogens (tertiary/aromatic N) is 4. The summed E-state index contributed by atoms with van der Waals surface area (Å²) in [6, 6.07) is 12.2. The van der Waals surface area contributed by atoms with Crippen LogP contribution in [-0.2, 0) is 11.3 Å². The summed E-state index contributed by atoms with van der Waals surface area (Å²) >= 11 is 1.20. The second kappa shape index (κ2) is 8.43. The zero-order valence-electron chi connectivity index (χ0n) is 16.0. The van der Waals surface area contributed by atoms with E-state index in [-0.39, 0.29) is 17.5 Å². The number of benzene rings is 2. The van der Waals surface area contributed by atoms with Crippen molar-refractivity contribution >= 4 is 17.7 Å². The summed E-state index contributed by atoms with van der Waals surface area (Å²) in [4.78, 5) is 14.2. The number of hydrogen-bond acceptors (Lipinski definition) is 5. The fraction of sp³-hybridized carbons (Fsp3) is 0.250. The van der Waals surface area contributed by atoms with E-state index in [1.54, 1.807) is 24.1 Å². The number of aromatic nitrogens is 3. The van der Waals surface area contributed by atoms with Gasteiger partial charge in [-0.25, -0.2) is 9.07 Å². The molecule has 6 nitrogen and oxygen atoms in total. The Labute approximate surface area is 167 Å². The van der Waals surface area contributed by atoms with E-state index in [0.29, 0.717) is 23.1 Å². The highest BCUT2D eigenvalue weighted by Crippen LogP contribution is 2.22. The van der Waals surface area contributed by atoms with Crippen LogP contribution in [0.15, 0.2) is 47.6 Å². The Morgan fingerprint density at radius 1 is 1.21 bits per heavy atom. The Morgan fingerprint density at radius 3 is 2.71 bits per heavy atom. The van der Waals surface area contributed by atoms with Crippen LogP contribution < -0.4 is 5.84 Å². The van der Waals surface area contributed by atoms with Gasteiger partial charge in [0, 0.05) is 19.2 Å². The molecule has 0 aliphatic carbocycles. The molecular formula is C20H22FN5OS. The molecule has 0 aliphatic rings. The van der Waals surface area contributed by atoms with Crippen molar-refractivity contribution in [2.24, 2.45) is 0 Å².